The van der Waals surface area contributed by atoms with Crippen LogP contribution in [0, 0.1) is 5.92 Å². The van der Waals surface area contributed by atoms with Gasteiger partial charge in [-0.25, -0.2) is 8.42 Å². The van der Waals surface area contributed by atoms with E-state index in [-0.39, 0.29) is 17.5 Å². The largest absolute Gasteiger partial charge is 0.385 e. The third-order valence-electron chi connectivity index (χ3n) is 4.66. The van der Waals surface area contributed by atoms with E-state index in [0.717, 1.165) is 48.9 Å². The number of hydrogen-bond donors (Lipinski definition) is 1. The highest BCUT2D eigenvalue weighted by Crippen LogP contribution is 2.25. The molecule has 120 valence electrons. The molecule has 1 heterocycles. The fourth-order valence-electron chi connectivity index (χ4n) is 3.44. The predicted octanol–water partition coefficient (Wildman–Crippen LogP) is 2.83. The highest BCUT2D eigenvalue weighted by molar-refractivity contribution is 7.91. The van der Waals surface area contributed by atoms with E-state index in [1.807, 2.05) is 18.2 Å². The molecule has 22 heavy (non-hydrogen) atoms. The van der Waals surface area contributed by atoms with Crippen LogP contribution in [-0.4, -0.2) is 32.3 Å². The fraction of sp³-hybridized carbons (Fsp3) is 0.588. The first kappa shape index (κ1) is 15.5. The van der Waals surface area contributed by atoms with Crippen LogP contribution in [0.1, 0.15) is 48.0 Å². The Morgan fingerprint density at radius 2 is 1.95 bits per heavy atom. The molecule has 0 bridgehead atoms. The maximum Gasteiger partial charge on any atom is 0.163 e. The van der Waals surface area contributed by atoms with Gasteiger partial charge in [0.1, 0.15) is 0 Å². The van der Waals surface area contributed by atoms with Gasteiger partial charge in [0.25, 0.3) is 0 Å². The SMILES string of the molecule is O=C1CCCCc2ccc(NCC3CCCS(=O)(=O)C3)cc21. The molecule has 4 nitrogen and oxygen atoms in total. The van der Waals surface area contributed by atoms with Crippen molar-refractivity contribution in [1.29, 1.82) is 0 Å². The number of fused-ring (bicyclic) bond motifs is 1. The van der Waals surface area contributed by atoms with Gasteiger partial charge in [-0.15, -0.1) is 0 Å². The zero-order valence-electron chi connectivity index (χ0n) is 12.8. The second-order valence-electron chi connectivity index (χ2n) is 6.51. The van der Waals surface area contributed by atoms with Crippen molar-refractivity contribution >= 4 is 21.3 Å². The lowest BCUT2D eigenvalue weighted by molar-refractivity contribution is 0.0982. The molecule has 1 unspecified atom stereocenters. The lowest BCUT2D eigenvalue weighted by Gasteiger charge is -2.22. The minimum atomic E-state index is -2.86. The molecule has 2 aliphatic rings. The number of rotatable bonds is 3. The average Bonchev–Trinajstić information content (AvgIpc) is 2.66. The van der Waals surface area contributed by atoms with Gasteiger partial charge in [-0.2, -0.15) is 0 Å². The summed E-state index contributed by atoms with van der Waals surface area (Å²) < 4.78 is 23.3. The maximum atomic E-state index is 12.1. The van der Waals surface area contributed by atoms with Crippen LogP contribution in [0.15, 0.2) is 18.2 Å². The van der Waals surface area contributed by atoms with Crippen molar-refractivity contribution in [2.45, 2.75) is 38.5 Å². The minimum absolute atomic E-state index is 0.174. The van der Waals surface area contributed by atoms with Gasteiger partial charge in [0.2, 0.25) is 0 Å². The van der Waals surface area contributed by atoms with Gasteiger partial charge in [-0.3, -0.25) is 4.79 Å². The highest BCUT2D eigenvalue weighted by atomic mass is 32.2. The van der Waals surface area contributed by atoms with Gasteiger partial charge in [0, 0.05) is 24.2 Å². The number of aryl methyl sites for hydroxylation is 1. The number of ketones is 1. The summed E-state index contributed by atoms with van der Waals surface area (Å²) in [6.07, 6.45) is 5.37. The molecule has 1 aromatic carbocycles. The van der Waals surface area contributed by atoms with E-state index in [9.17, 15) is 13.2 Å². The Morgan fingerprint density at radius 3 is 2.77 bits per heavy atom. The van der Waals surface area contributed by atoms with E-state index in [0.29, 0.717) is 18.7 Å². The highest BCUT2D eigenvalue weighted by Gasteiger charge is 2.24. The molecular formula is C17H23NO3S. The lowest BCUT2D eigenvalue weighted by atomic mass is 10.0. The van der Waals surface area contributed by atoms with Crippen LogP contribution in [0.3, 0.4) is 0 Å². The van der Waals surface area contributed by atoms with Crippen molar-refractivity contribution in [3.05, 3.63) is 29.3 Å². The molecule has 0 amide bonds. The van der Waals surface area contributed by atoms with Gasteiger partial charge >= 0.3 is 0 Å². The number of sulfone groups is 1. The number of anilines is 1. The number of carbonyl (C=O) groups is 1. The molecule has 1 atom stereocenters. The fourth-order valence-corrected chi connectivity index (χ4v) is 5.22. The monoisotopic (exact) mass is 321 g/mol. The Labute approximate surface area is 132 Å². The molecule has 1 aromatic rings. The molecule has 1 saturated heterocycles. The second-order valence-corrected chi connectivity index (χ2v) is 8.73. The van der Waals surface area contributed by atoms with Crippen LogP contribution in [0.5, 0.6) is 0 Å². The van der Waals surface area contributed by atoms with Crippen molar-refractivity contribution in [3.63, 3.8) is 0 Å². The van der Waals surface area contributed by atoms with E-state index in [4.69, 9.17) is 0 Å². The molecular weight excluding hydrogens is 298 g/mol. The van der Waals surface area contributed by atoms with E-state index >= 15 is 0 Å². The molecule has 3 rings (SSSR count). The minimum Gasteiger partial charge on any atom is -0.385 e. The second kappa shape index (κ2) is 6.41. The van der Waals surface area contributed by atoms with Crippen molar-refractivity contribution in [2.75, 3.05) is 23.4 Å². The van der Waals surface area contributed by atoms with Crippen molar-refractivity contribution in [1.82, 2.24) is 0 Å². The lowest BCUT2D eigenvalue weighted by Crippen LogP contribution is -2.29. The predicted molar refractivity (Wildman–Crippen MR) is 88.2 cm³/mol. The zero-order chi connectivity index (χ0) is 15.6. The van der Waals surface area contributed by atoms with Crippen molar-refractivity contribution in [3.8, 4) is 0 Å². The number of nitrogens with one attached hydrogen (secondary N) is 1. The maximum absolute atomic E-state index is 12.1. The third-order valence-corrected chi connectivity index (χ3v) is 6.55. The molecule has 1 fully saturated rings. The number of benzene rings is 1. The van der Waals surface area contributed by atoms with Gasteiger partial charge < -0.3 is 5.32 Å². The van der Waals surface area contributed by atoms with Gasteiger partial charge in [-0.05, 0) is 55.7 Å². The molecule has 1 aliphatic carbocycles. The summed E-state index contributed by atoms with van der Waals surface area (Å²) in [6.45, 7) is 0.659. The van der Waals surface area contributed by atoms with Crippen LogP contribution >= 0.6 is 0 Å². The summed E-state index contributed by atoms with van der Waals surface area (Å²) in [5.41, 5.74) is 2.92. The van der Waals surface area contributed by atoms with Gasteiger partial charge in [0.15, 0.2) is 15.6 Å². The van der Waals surface area contributed by atoms with Crippen molar-refractivity contribution in [2.24, 2.45) is 5.92 Å². The first-order valence-electron chi connectivity index (χ1n) is 8.14. The van der Waals surface area contributed by atoms with Gasteiger partial charge in [0.05, 0.1) is 11.5 Å². The average molecular weight is 321 g/mol. The van der Waals surface area contributed by atoms with Crippen LogP contribution in [0.4, 0.5) is 5.69 Å². The zero-order valence-corrected chi connectivity index (χ0v) is 13.6. The summed E-state index contributed by atoms with van der Waals surface area (Å²) in [7, 11) is -2.86. The van der Waals surface area contributed by atoms with E-state index in [1.165, 1.54) is 0 Å². The van der Waals surface area contributed by atoms with Gasteiger partial charge in [-0.1, -0.05) is 6.07 Å². The first-order valence-corrected chi connectivity index (χ1v) is 9.96. The topological polar surface area (TPSA) is 63.2 Å². The van der Waals surface area contributed by atoms with Crippen LogP contribution in [0.2, 0.25) is 0 Å². The number of Topliss-reactive ketones (excluding diaryl/α,β-unsaturated/α-hetero) is 1. The number of carbonyl (C=O) groups excluding carboxylic acids is 1. The van der Waals surface area contributed by atoms with Crippen molar-refractivity contribution < 1.29 is 13.2 Å². The Bertz CT molecular complexity index is 666. The summed E-state index contributed by atoms with van der Waals surface area (Å²) in [5.74, 6) is 1.02. The smallest absolute Gasteiger partial charge is 0.163 e. The van der Waals surface area contributed by atoms with E-state index in [1.54, 1.807) is 0 Å². The molecule has 5 heteroatoms. The Balaban J connectivity index is 1.67. The molecule has 1 N–H and O–H groups in total. The normalized spacial score (nSPS) is 24.4. The van der Waals surface area contributed by atoms with Crippen LogP contribution in [0.25, 0.3) is 0 Å². The number of hydrogen-bond acceptors (Lipinski definition) is 4. The van der Waals surface area contributed by atoms with Crippen LogP contribution in [-0.2, 0) is 16.3 Å². The molecule has 0 saturated carbocycles. The summed E-state index contributed by atoms with van der Waals surface area (Å²) in [6, 6.07) is 5.99. The Hall–Kier alpha value is -1.36. The molecule has 0 spiro atoms. The standard InChI is InChI=1S/C17H23NO3S/c19-17-6-2-1-5-14-7-8-15(10-16(14)17)18-11-13-4-3-9-22(20,21)12-13/h7-8,10,13,18H,1-6,9,11-12H2. The summed E-state index contributed by atoms with van der Waals surface area (Å²) in [5, 5.41) is 3.33. The van der Waals surface area contributed by atoms with E-state index in [2.05, 4.69) is 5.32 Å². The van der Waals surface area contributed by atoms with E-state index < -0.39 is 9.84 Å². The third kappa shape index (κ3) is 3.69. The molecule has 0 radical (unpaired) electrons. The summed E-state index contributed by atoms with van der Waals surface area (Å²) in [4.78, 5) is 12.1. The van der Waals surface area contributed by atoms with Crippen LogP contribution < -0.4 is 5.32 Å². The quantitative estimate of drug-likeness (QED) is 0.870. The first-order chi connectivity index (χ1) is 10.5. The Kier molecular flexibility index (Phi) is 4.52. The summed E-state index contributed by atoms with van der Waals surface area (Å²) >= 11 is 0. The Morgan fingerprint density at radius 1 is 1.14 bits per heavy atom. The molecule has 0 aromatic heterocycles. The molecule has 1 aliphatic heterocycles.